The Kier molecular flexibility index (Phi) is 7.32. The van der Waals surface area contributed by atoms with Gasteiger partial charge in [0.25, 0.3) is 0 Å². The third-order valence-corrected chi connectivity index (χ3v) is 7.88. The molecule has 0 bridgehead atoms. The molecule has 0 spiro atoms. The second-order valence-corrected chi connectivity index (χ2v) is 10.0. The number of piperidine rings is 1. The molecule has 6 heteroatoms. The summed E-state index contributed by atoms with van der Waals surface area (Å²) in [7, 11) is -3.54. The Morgan fingerprint density at radius 3 is 2.33 bits per heavy atom. The van der Waals surface area contributed by atoms with Crippen LogP contribution in [0.4, 0.5) is 5.69 Å². The molecule has 0 radical (unpaired) electrons. The van der Waals surface area contributed by atoms with Gasteiger partial charge < -0.3 is 4.90 Å². The first-order valence-electron chi connectivity index (χ1n) is 10.8. The van der Waals surface area contributed by atoms with Gasteiger partial charge in [0.2, 0.25) is 15.9 Å². The average molecular weight is 429 g/mol. The van der Waals surface area contributed by atoms with E-state index in [1.165, 1.54) is 4.31 Å². The summed E-state index contributed by atoms with van der Waals surface area (Å²) < 4.78 is 27.8. The number of hydrogen-bond acceptors (Lipinski definition) is 3. The number of unbranched alkanes of at least 4 members (excludes halogenated alkanes) is 1. The quantitative estimate of drug-likeness (QED) is 0.651. The van der Waals surface area contributed by atoms with Gasteiger partial charge in [-0.2, -0.15) is 4.31 Å². The molecule has 0 N–H and O–H groups in total. The van der Waals surface area contributed by atoms with E-state index < -0.39 is 10.0 Å². The molecule has 1 aliphatic rings. The first kappa shape index (κ1) is 22.5. The largest absolute Gasteiger partial charge is 0.312 e. The van der Waals surface area contributed by atoms with Crippen molar-refractivity contribution >= 4 is 21.6 Å². The molecule has 0 atom stereocenters. The van der Waals surface area contributed by atoms with Crippen molar-refractivity contribution < 1.29 is 13.2 Å². The molecule has 1 heterocycles. The highest BCUT2D eigenvalue weighted by Crippen LogP contribution is 2.28. The van der Waals surface area contributed by atoms with E-state index in [4.69, 9.17) is 0 Å². The highest BCUT2D eigenvalue weighted by atomic mass is 32.2. The highest BCUT2D eigenvalue weighted by molar-refractivity contribution is 7.89. The van der Waals surface area contributed by atoms with Crippen LogP contribution in [-0.4, -0.2) is 38.3 Å². The Morgan fingerprint density at radius 1 is 1.07 bits per heavy atom. The number of rotatable bonds is 7. The third-order valence-electron chi connectivity index (χ3n) is 5.82. The molecule has 162 valence electrons. The van der Waals surface area contributed by atoms with Crippen LogP contribution < -0.4 is 4.90 Å². The van der Waals surface area contributed by atoms with E-state index in [0.717, 1.165) is 29.7 Å². The first-order chi connectivity index (χ1) is 14.3. The van der Waals surface area contributed by atoms with E-state index in [0.29, 0.717) is 37.4 Å². The van der Waals surface area contributed by atoms with E-state index in [1.807, 2.05) is 61.2 Å². The molecular formula is C24H32N2O3S. The summed E-state index contributed by atoms with van der Waals surface area (Å²) in [5.74, 6) is -0.0363. The molecule has 1 aliphatic heterocycles. The first-order valence-corrected chi connectivity index (χ1v) is 12.2. The number of nitrogens with zero attached hydrogens (tertiary/aromatic N) is 2. The van der Waals surface area contributed by atoms with Gasteiger partial charge in [-0.25, -0.2) is 8.42 Å². The topological polar surface area (TPSA) is 57.7 Å². The number of carbonyl (C=O) groups excluding carboxylic acids is 1. The molecule has 1 amide bonds. The molecule has 0 aromatic heterocycles. The minimum Gasteiger partial charge on any atom is -0.312 e. The Labute approximate surface area is 180 Å². The van der Waals surface area contributed by atoms with Crippen molar-refractivity contribution in [3.63, 3.8) is 0 Å². The van der Waals surface area contributed by atoms with Gasteiger partial charge in [-0.05, 0) is 56.9 Å². The number of benzene rings is 2. The van der Waals surface area contributed by atoms with Gasteiger partial charge >= 0.3 is 0 Å². The fourth-order valence-corrected chi connectivity index (χ4v) is 5.76. The lowest BCUT2D eigenvalue weighted by Gasteiger charge is -2.34. The zero-order valence-corrected chi connectivity index (χ0v) is 19.0. The summed E-state index contributed by atoms with van der Waals surface area (Å²) in [5, 5.41) is 0. The number of anilines is 1. The molecule has 1 saturated heterocycles. The molecule has 3 rings (SSSR count). The maximum absolute atomic E-state index is 13.3. The van der Waals surface area contributed by atoms with Gasteiger partial charge in [-0.1, -0.05) is 49.2 Å². The van der Waals surface area contributed by atoms with Crippen LogP contribution >= 0.6 is 0 Å². The summed E-state index contributed by atoms with van der Waals surface area (Å²) >= 11 is 0. The Bertz CT molecular complexity index is 965. The number of carbonyl (C=O) groups is 1. The van der Waals surface area contributed by atoms with Crippen LogP contribution in [0.3, 0.4) is 0 Å². The van der Waals surface area contributed by atoms with Crippen LogP contribution in [0, 0.1) is 19.8 Å². The smallest absolute Gasteiger partial charge is 0.243 e. The van der Waals surface area contributed by atoms with Crippen molar-refractivity contribution in [2.45, 2.75) is 51.3 Å². The summed E-state index contributed by atoms with van der Waals surface area (Å²) in [6.07, 6.45) is 3.07. The number of sulfonamides is 1. The second kappa shape index (κ2) is 9.75. The lowest BCUT2D eigenvalue weighted by molar-refractivity contribution is -0.123. The predicted octanol–water partition coefficient (Wildman–Crippen LogP) is 4.54. The summed E-state index contributed by atoms with van der Waals surface area (Å²) in [6.45, 7) is 7.36. The van der Waals surface area contributed by atoms with Crippen LogP contribution in [-0.2, 0) is 14.8 Å². The number of amides is 1. The Morgan fingerprint density at radius 2 is 1.73 bits per heavy atom. The molecule has 2 aromatic rings. The fourth-order valence-electron chi connectivity index (χ4n) is 4.08. The third kappa shape index (κ3) is 4.93. The van der Waals surface area contributed by atoms with Crippen molar-refractivity contribution in [1.29, 1.82) is 0 Å². The Hall–Kier alpha value is -2.18. The van der Waals surface area contributed by atoms with Crippen molar-refractivity contribution in [3.8, 4) is 0 Å². The minimum absolute atomic E-state index is 0.109. The SMILES string of the molecule is CCCCN(C(=O)C1CCN(S(=O)(=O)c2ccc(C)cc2C)CC1)c1ccccc1. The summed E-state index contributed by atoms with van der Waals surface area (Å²) in [4.78, 5) is 15.5. The fraction of sp³-hybridized carbons (Fsp3) is 0.458. The lowest BCUT2D eigenvalue weighted by atomic mass is 9.96. The monoisotopic (exact) mass is 428 g/mol. The second-order valence-electron chi connectivity index (χ2n) is 8.13. The molecule has 2 aromatic carbocycles. The normalized spacial score (nSPS) is 15.8. The average Bonchev–Trinajstić information content (AvgIpc) is 2.74. The van der Waals surface area contributed by atoms with Crippen molar-refractivity contribution in [2.75, 3.05) is 24.5 Å². The van der Waals surface area contributed by atoms with Gasteiger partial charge in [0.05, 0.1) is 4.90 Å². The van der Waals surface area contributed by atoms with Crippen molar-refractivity contribution in [1.82, 2.24) is 4.31 Å². The number of para-hydroxylation sites is 1. The minimum atomic E-state index is -3.54. The van der Waals surface area contributed by atoms with Crippen LogP contribution in [0.25, 0.3) is 0 Å². The van der Waals surface area contributed by atoms with E-state index in [9.17, 15) is 13.2 Å². The summed E-state index contributed by atoms with van der Waals surface area (Å²) in [5.41, 5.74) is 2.73. The van der Waals surface area contributed by atoms with Crippen LogP contribution in [0.1, 0.15) is 43.7 Å². The molecule has 0 aliphatic carbocycles. The summed E-state index contributed by atoms with van der Waals surface area (Å²) in [6, 6.07) is 15.2. The van der Waals surface area contributed by atoms with Crippen molar-refractivity contribution in [2.24, 2.45) is 5.92 Å². The predicted molar refractivity (Wildman–Crippen MR) is 121 cm³/mol. The van der Waals surface area contributed by atoms with Gasteiger partial charge in [0.1, 0.15) is 0 Å². The Balaban J connectivity index is 1.71. The standard InChI is InChI=1S/C24H32N2O3S/c1-4-5-15-26(22-9-7-6-8-10-22)24(27)21-13-16-25(17-14-21)30(28,29)23-12-11-19(2)18-20(23)3/h6-12,18,21H,4-5,13-17H2,1-3H3. The molecule has 0 saturated carbocycles. The maximum atomic E-state index is 13.3. The lowest BCUT2D eigenvalue weighted by Crippen LogP contribution is -2.45. The van der Waals surface area contributed by atoms with E-state index in [2.05, 4.69) is 6.92 Å². The maximum Gasteiger partial charge on any atom is 0.243 e. The van der Waals surface area contributed by atoms with E-state index >= 15 is 0 Å². The molecule has 1 fully saturated rings. The van der Waals surface area contributed by atoms with Crippen LogP contribution in [0.5, 0.6) is 0 Å². The highest BCUT2D eigenvalue weighted by Gasteiger charge is 2.34. The van der Waals surface area contributed by atoms with Gasteiger partial charge in [-0.3, -0.25) is 4.79 Å². The zero-order chi connectivity index (χ0) is 21.7. The van der Waals surface area contributed by atoms with E-state index in [-0.39, 0.29) is 11.8 Å². The molecule has 5 nitrogen and oxygen atoms in total. The van der Waals surface area contributed by atoms with Gasteiger partial charge in [0.15, 0.2) is 0 Å². The van der Waals surface area contributed by atoms with Gasteiger partial charge in [0, 0.05) is 31.2 Å². The van der Waals surface area contributed by atoms with E-state index in [1.54, 1.807) is 6.07 Å². The zero-order valence-electron chi connectivity index (χ0n) is 18.2. The van der Waals surface area contributed by atoms with Crippen molar-refractivity contribution in [3.05, 3.63) is 59.7 Å². The van der Waals surface area contributed by atoms with Crippen LogP contribution in [0.2, 0.25) is 0 Å². The molecular weight excluding hydrogens is 396 g/mol. The number of hydrogen-bond donors (Lipinski definition) is 0. The van der Waals surface area contributed by atoms with Gasteiger partial charge in [-0.15, -0.1) is 0 Å². The molecule has 0 unspecified atom stereocenters. The molecule has 30 heavy (non-hydrogen) atoms. The number of aryl methyl sites for hydroxylation is 2. The van der Waals surface area contributed by atoms with Crippen LogP contribution in [0.15, 0.2) is 53.4 Å².